The van der Waals surface area contributed by atoms with Crippen LogP contribution in [0.4, 0.5) is 13.2 Å². The maximum absolute atomic E-state index is 13.7. The summed E-state index contributed by atoms with van der Waals surface area (Å²) in [6.45, 7) is 1.55. The molecule has 0 bridgehead atoms. The van der Waals surface area contributed by atoms with Crippen LogP contribution in [0.5, 0.6) is 0 Å². The molecule has 0 fully saturated rings. The summed E-state index contributed by atoms with van der Waals surface area (Å²) in [5.74, 6) is -3.47. The second-order valence-electron chi connectivity index (χ2n) is 4.25. The summed E-state index contributed by atoms with van der Waals surface area (Å²) in [6, 6.07) is 1.11. The van der Waals surface area contributed by atoms with E-state index in [0.29, 0.717) is 29.8 Å². The molecule has 0 saturated heterocycles. The van der Waals surface area contributed by atoms with Crippen molar-refractivity contribution in [2.24, 2.45) is 0 Å². The van der Waals surface area contributed by atoms with E-state index in [-0.39, 0.29) is 17.4 Å². The molecule has 3 nitrogen and oxygen atoms in total. The van der Waals surface area contributed by atoms with Crippen LogP contribution >= 0.6 is 11.6 Å². The first-order valence-corrected chi connectivity index (χ1v) is 6.39. The number of rotatable bonds is 4. The number of nitrogens with zero attached hydrogens (tertiary/aromatic N) is 2. The molecule has 2 aromatic rings. The maximum atomic E-state index is 13.7. The first-order valence-electron chi connectivity index (χ1n) is 6.01. The summed E-state index contributed by atoms with van der Waals surface area (Å²) in [6.07, 6.45) is 1.29. The Kier molecular flexibility index (Phi) is 4.35. The van der Waals surface area contributed by atoms with E-state index in [2.05, 4.69) is 5.10 Å². The predicted octanol–water partition coefficient (Wildman–Crippen LogP) is 3.39. The van der Waals surface area contributed by atoms with Crippen molar-refractivity contribution < 1.29 is 18.3 Å². The van der Waals surface area contributed by atoms with Crippen molar-refractivity contribution in [2.45, 2.75) is 26.4 Å². The van der Waals surface area contributed by atoms with Gasteiger partial charge in [0, 0.05) is 17.7 Å². The lowest BCUT2D eigenvalue weighted by Crippen LogP contribution is -2.03. The van der Waals surface area contributed by atoms with Crippen LogP contribution in [0.1, 0.15) is 24.6 Å². The van der Waals surface area contributed by atoms with Crippen molar-refractivity contribution >= 4 is 11.6 Å². The van der Waals surface area contributed by atoms with Crippen LogP contribution < -0.4 is 0 Å². The lowest BCUT2D eigenvalue weighted by molar-refractivity contribution is 0.280. The van der Waals surface area contributed by atoms with Gasteiger partial charge in [-0.25, -0.2) is 17.9 Å². The van der Waals surface area contributed by atoms with Crippen molar-refractivity contribution in [3.8, 4) is 5.69 Å². The first-order chi connectivity index (χ1) is 9.49. The Morgan fingerprint density at radius 1 is 1.20 bits per heavy atom. The topological polar surface area (TPSA) is 38.0 Å². The van der Waals surface area contributed by atoms with Gasteiger partial charge in [0.15, 0.2) is 17.5 Å². The van der Waals surface area contributed by atoms with Crippen molar-refractivity contribution in [2.75, 3.05) is 0 Å². The molecule has 0 aliphatic heterocycles. The second-order valence-corrected chi connectivity index (χ2v) is 4.61. The second kappa shape index (κ2) is 5.85. The van der Waals surface area contributed by atoms with Crippen LogP contribution in [-0.2, 0) is 13.0 Å². The zero-order chi connectivity index (χ0) is 14.9. The first kappa shape index (κ1) is 14.9. The summed E-state index contributed by atoms with van der Waals surface area (Å²) >= 11 is 6.02. The van der Waals surface area contributed by atoms with Gasteiger partial charge in [-0.3, -0.25) is 0 Å². The Morgan fingerprint density at radius 3 is 2.45 bits per heavy atom. The standard InChI is InChI=1S/C13H12ClF3N2O/c1-2-3-11-7(6-20)13(14)19(18-11)12-5-9(16)8(15)4-10(12)17/h4-5,20H,2-3,6H2,1H3. The van der Waals surface area contributed by atoms with E-state index in [4.69, 9.17) is 11.6 Å². The Hall–Kier alpha value is -1.53. The number of aliphatic hydroxyl groups is 1. The predicted molar refractivity (Wildman–Crippen MR) is 68.4 cm³/mol. The number of aliphatic hydroxyl groups excluding tert-OH is 1. The molecule has 0 unspecified atom stereocenters. The molecule has 2 rings (SSSR count). The van der Waals surface area contributed by atoms with Crippen molar-refractivity contribution in [1.29, 1.82) is 0 Å². The van der Waals surface area contributed by atoms with Crippen LogP contribution in [0, 0.1) is 17.5 Å². The normalized spacial score (nSPS) is 11.1. The average molecular weight is 305 g/mol. The minimum atomic E-state index is -1.29. The maximum Gasteiger partial charge on any atom is 0.161 e. The molecule has 0 amide bonds. The number of hydrogen-bond acceptors (Lipinski definition) is 2. The molecule has 0 saturated carbocycles. The van der Waals surface area contributed by atoms with Gasteiger partial charge in [-0.2, -0.15) is 5.10 Å². The summed E-state index contributed by atoms with van der Waals surface area (Å²) in [7, 11) is 0. The molecule has 0 atom stereocenters. The lowest BCUT2D eigenvalue weighted by Gasteiger charge is -2.05. The fourth-order valence-electron chi connectivity index (χ4n) is 1.90. The molecule has 7 heteroatoms. The van der Waals surface area contributed by atoms with Gasteiger partial charge < -0.3 is 5.11 Å². The summed E-state index contributed by atoms with van der Waals surface area (Å²) in [5, 5.41) is 13.3. The zero-order valence-electron chi connectivity index (χ0n) is 10.6. The minimum Gasteiger partial charge on any atom is -0.391 e. The number of aromatic nitrogens is 2. The van der Waals surface area contributed by atoms with Gasteiger partial charge >= 0.3 is 0 Å². The van der Waals surface area contributed by atoms with Gasteiger partial charge in [0.2, 0.25) is 0 Å². The van der Waals surface area contributed by atoms with E-state index >= 15 is 0 Å². The molecule has 1 aromatic carbocycles. The molecular formula is C13H12ClF3N2O. The number of benzene rings is 1. The summed E-state index contributed by atoms with van der Waals surface area (Å²) in [5.41, 5.74) is 0.563. The highest BCUT2D eigenvalue weighted by molar-refractivity contribution is 6.30. The highest BCUT2D eigenvalue weighted by Gasteiger charge is 2.20. The monoisotopic (exact) mass is 304 g/mol. The fraction of sp³-hybridized carbons (Fsp3) is 0.308. The van der Waals surface area contributed by atoms with Crippen LogP contribution in [-0.4, -0.2) is 14.9 Å². The molecule has 0 spiro atoms. The molecule has 0 radical (unpaired) electrons. The van der Waals surface area contributed by atoms with Crippen molar-refractivity contribution in [3.63, 3.8) is 0 Å². The van der Waals surface area contributed by atoms with Crippen molar-refractivity contribution in [1.82, 2.24) is 9.78 Å². The highest BCUT2D eigenvalue weighted by atomic mass is 35.5. The molecular weight excluding hydrogens is 293 g/mol. The number of halogens is 4. The van der Waals surface area contributed by atoms with Gasteiger partial charge in [-0.15, -0.1) is 0 Å². The van der Waals surface area contributed by atoms with E-state index in [1.54, 1.807) is 0 Å². The molecule has 108 valence electrons. The van der Waals surface area contributed by atoms with E-state index in [1.807, 2.05) is 6.92 Å². The quantitative estimate of drug-likeness (QED) is 0.879. The van der Waals surface area contributed by atoms with E-state index in [0.717, 1.165) is 11.1 Å². The third kappa shape index (κ3) is 2.53. The van der Waals surface area contributed by atoms with E-state index in [1.165, 1.54) is 0 Å². The largest absolute Gasteiger partial charge is 0.391 e. The number of aryl methyl sites for hydroxylation is 1. The number of hydrogen-bond donors (Lipinski definition) is 1. The van der Waals surface area contributed by atoms with Gasteiger partial charge in [-0.1, -0.05) is 24.9 Å². The molecule has 1 N–H and O–H groups in total. The molecule has 0 aliphatic carbocycles. The molecule has 1 heterocycles. The van der Waals surface area contributed by atoms with Gasteiger partial charge in [0.05, 0.1) is 12.3 Å². The highest BCUT2D eigenvalue weighted by Crippen LogP contribution is 2.27. The summed E-state index contributed by atoms with van der Waals surface area (Å²) in [4.78, 5) is 0. The van der Waals surface area contributed by atoms with Crippen LogP contribution in [0.3, 0.4) is 0 Å². The Labute approximate surface area is 118 Å². The molecule has 0 aliphatic rings. The molecule has 1 aromatic heterocycles. The van der Waals surface area contributed by atoms with Gasteiger partial charge in [0.1, 0.15) is 10.8 Å². The Morgan fingerprint density at radius 2 is 1.85 bits per heavy atom. The van der Waals surface area contributed by atoms with Crippen LogP contribution in [0.25, 0.3) is 5.69 Å². The smallest absolute Gasteiger partial charge is 0.161 e. The van der Waals surface area contributed by atoms with E-state index < -0.39 is 17.5 Å². The lowest BCUT2D eigenvalue weighted by atomic mass is 10.2. The Bertz CT molecular complexity index is 643. The van der Waals surface area contributed by atoms with Gasteiger partial charge in [-0.05, 0) is 6.42 Å². The van der Waals surface area contributed by atoms with Crippen LogP contribution in [0.2, 0.25) is 5.15 Å². The average Bonchev–Trinajstić information content (AvgIpc) is 2.71. The third-order valence-electron chi connectivity index (χ3n) is 2.87. The summed E-state index contributed by atoms with van der Waals surface area (Å²) < 4.78 is 40.9. The van der Waals surface area contributed by atoms with Crippen molar-refractivity contribution in [3.05, 3.63) is 46.0 Å². The SMILES string of the molecule is CCCc1nn(-c2cc(F)c(F)cc2F)c(Cl)c1CO. The third-order valence-corrected chi connectivity index (χ3v) is 3.26. The van der Waals surface area contributed by atoms with Gasteiger partial charge in [0.25, 0.3) is 0 Å². The van der Waals surface area contributed by atoms with E-state index in [9.17, 15) is 18.3 Å². The minimum absolute atomic E-state index is 0.0131. The Balaban J connectivity index is 2.61. The fourth-order valence-corrected chi connectivity index (χ4v) is 2.20. The zero-order valence-corrected chi connectivity index (χ0v) is 11.4. The molecule has 20 heavy (non-hydrogen) atoms. The van der Waals surface area contributed by atoms with Crippen LogP contribution in [0.15, 0.2) is 12.1 Å².